The molecule has 0 aliphatic carbocycles. The summed E-state index contributed by atoms with van der Waals surface area (Å²) < 4.78 is 40.5. The van der Waals surface area contributed by atoms with E-state index in [1.54, 1.807) is 16.8 Å². The molecule has 0 spiro atoms. The van der Waals surface area contributed by atoms with Gasteiger partial charge in [0.05, 0.1) is 22.7 Å². The largest absolute Gasteiger partial charge is 0.416 e. The lowest BCUT2D eigenvalue weighted by molar-refractivity contribution is -0.137. The molecule has 1 aliphatic rings. The number of aryl methyl sites for hydroxylation is 1. The number of carbonyl (C=O) groups is 2. The van der Waals surface area contributed by atoms with Crippen LogP contribution in [-0.2, 0) is 27.8 Å². The van der Waals surface area contributed by atoms with Gasteiger partial charge < -0.3 is 10.2 Å². The molecule has 9 heteroatoms. The molecular formula is C21H25F3N4O2. The van der Waals surface area contributed by atoms with E-state index in [0.29, 0.717) is 11.4 Å². The minimum Gasteiger partial charge on any atom is -0.338 e. The summed E-state index contributed by atoms with van der Waals surface area (Å²) in [4.78, 5) is 26.5. The zero-order valence-electron chi connectivity index (χ0n) is 17.4. The van der Waals surface area contributed by atoms with Gasteiger partial charge >= 0.3 is 6.18 Å². The fraction of sp³-hybridized carbons (Fsp3) is 0.476. The molecule has 0 radical (unpaired) electrons. The summed E-state index contributed by atoms with van der Waals surface area (Å²) in [5.41, 5.74) is 0.0408. The van der Waals surface area contributed by atoms with Gasteiger partial charge in [0.15, 0.2) is 0 Å². The molecule has 162 valence electrons. The van der Waals surface area contributed by atoms with Gasteiger partial charge in [0.1, 0.15) is 5.82 Å². The van der Waals surface area contributed by atoms with Crippen molar-refractivity contribution >= 4 is 17.6 Å². The van der Waals surface area contributed by atoms with Crippen LogP contribution in [0.5, 0.6) is 0 Å². The van der Waals surface area contributed by atoms with Gasteiger partial charge in [-0.25, -0.2) is 4.68 Å². The van der Waals surface area contributed by atoms with Crippen LogP contribution in [0.15, 0.2) is 30.3 Å². The van der Waals surface area contributed by atoms with Crippen molar-refractivity contribution in [3.05, 3.63) is 47.2 Å². The molecule has 1 aromatic heterocycles. The van der Waals surface area contributed by atoms with E-state index in [0.717, 1.165) is 17.8 Å². The van der Waals surface area contributed by atoms with Crippen LogP contribution in [-0.4, -0.2) is 33.0 Å². The number of benzene rings is 1. The van der Waals surface area contributed by atoms with Crippen molar-refractivity contribution in [1.29, 1.82) is 0 Å². The number of nitrogens with zero attached hydrogens (tertiary/aromatic N) is 3. The SMILES string of the molecule is Cc1cc(NC(=O)C2CC(=O)N(Cc3cccc(C(F)(F)F)c3)C2)n(C(C)(C)C)n1. The first-order valence-electron chi connectivity index (χ1n) is 9.66. The fourth-order valence-corrected chi connectivity index (χ4v) is 3.50. The third-order valence-corrected chi connectivity index (χ3v) is 4.93. The molecule has 2 heterocycles. The number of hydrogen-bond donors (Lipinski definition) is 1. The van der Waals surface area contributed by atoms with Crippen LogP contribution in [0.4, 0.5) is 19.0 Å². The Hall–Kier alpha value is -2.84. The van der Waals surface area contributed by atoms with E-state index < -0.39 is 17.7 Å². The monoisotopic (exact) mass is 422 g/mol. The van der Waals surface area contributed by atoms with Crippen LogP contribution in [0.3, 0.4) is 0 Å². The van der Waals surface area contributed by atoms with Crippen LogP contribution in [0.25, 0.3) is 0 Å². The van der Waals surface area contributed by atoms with Gasteiger partial charge in [-0.05, 0) is 45.4 Å². The lowest BCUT2D eigenvalue weighted by Crippen LogP contribution is -2.31. The van der Waals surface area contributed by atoms with Gasteiger partial charge in [0.25, 0.3) is 0 Å². The number of rotatable bonds is 4. The van der Waals surface area contributed by atoms with E-state index in [1.807, 2.05) is 27.7 Å². The van der Waals surface area contributed by atoms with Gasteiger partial charge in [-0.2, -0.15) is 18.3 Å². The maximum Gasteiger partial charge on any atom is 0.416 e. The first-order chi connectivity index (χ1) is 13.8. The zero-order chi connectivity index (χ0) is 22.3. The Bertz CT molecular complexity index is 960. The summed E-state index contributed by atoms with van der Waals surface area (Å²) >= 11 is 0. The van der Waals surface area contributed by atoms with E-state index >= 15 is 0 Å². The average Bonchev–Trinajstić information content (AvgIpc) is 3.17. The zero-order valence-corrected chi connectivity index (χ0v) is 17.4. The minimum absolute atomic E-state index is 0.0213. The van der Waals surface area contributed by atoms with Crippen LogP contribution in [0.2, 0.25) is 0 Å². The van der Waals surface area contributed by atoms with Crippen LogP contribution in [0, 0.1) is 12.8 Å². The first-order valence-corrected chi connectivity index (χ1v) is 9.66. The normalized spacial score (nSPS) is 17.5. The minimum atomic E-state index is -4.44. The second kappa shape index (κ2) is 7.77. The van der Waals surface area contributed by atoms with Crippen molar-refractivity contribution < 1.29 is 22.8 Å². The topological polar surface area (TPSA) is 67.2 Å². The van der Waals surface area contributed by atoms with Gasteiger partial charge in [-0.15, -0.1) is 0 Å². The predicted octanol–water partition coefficient (Wildman–Crippen LogP) is 3.95. The van der Waals surface area contributed by atoms with E-state index in [2.05, 4.69) is 10.4 Å². The Morgan fingerprint density at radius 3 is 2.57 bits per heavy atom. The lowest BCUT2D eigenvalue weighted by atomic mass is 10.1. The Balaban J connectivity index is 1.68. The Labute approximate surface area is 173 Å². The average molecular weight is 422 g/mol. The fourth-order valence-electron chi connectivity index (χ4n) is 3.50. The summed E-state index contributed by atoms with van der Waals surface area (Å²) in [7, 11) is 0. The Morgan fingerprint density at radius 2 is 1.93 bits per heavy atom. The highest BCUT2D eigenvalue weighted by atomic mass is 19.4. The van der Waals surface area contributed by atoms with Gasteiger partial charge in [0.2, 0.25) is 11.8 Å². The summed E-state index contributed by atoms with van der Waals surface area (Å²) in [6.07, 6.45) is -4.42. The second-order valence-electron chi connectivity index (χ2n) is 8.62. The molecule has 1 aromatic carbocycles. The summed E-state index contributed by atoms with van der Waals surface area (Å²) in [6.45, 7) is 7.91. The van der Waals surface area contributed by atoms with Crippen molar-refractivity contribution in [2.24, 2.45) is 5.92 Å². The molecule has 1 unspecified atom stereocenters. The predicted molar refractivity (Wildman–Crippen MR) is 106 cm³/mol. The number of alkyl halides is 3. The maximum atomic E-state index is 12.9. The molecule has 2 amide bonds. The Kier molecular flexibility index (Phi) is 5.66. The number of carbonyl (C=O) groups excluding carboxylic acids is 2. The van der Waals surface area contributed by atoms with E-state index in [1.165, 1.54) is 11.0 Å². The van der Waals surface area contributed by atoms with E-state index in [9.17, 15) is 22.8 Å². The molecule has 1 fully saturated rings. The van der Waals surface area contributed by atoms with E-state index in [-0.39, 0.29) is 36.9 Å². The standard InChI is InChI=1S/C21H25F3N4O2/c1-13-8-17(28(26-13)20(2,3)4)25-19(30)15-10-18(29)27(12-15)11-14-6-5-7-16(9-14)21(22,23)24/h5-9,15H,10-12H2,1-4H3,(H,25,30). The van der Waals surface area contributed by atoms with Gasteiger partial charge in [0, 0.05) is 25.6 Å². The van der Waals surface area contributed by atoms with Crippen molar-refractivity contribution in [3.63, 3.8) is 0 Å². The van der Waals surface area contributed by atoms with Crippen molar-refractivity contribution in [3.8, 4) is 0 Å². The molecule has 1 N–H and O–H groups in total. The maximum absolute atomic E-state index is 12.9. The number of halogens is 3. The molecule has 1 saturated heterocycles. The Morgan fingerprint density at radius 1 is 1.23 bits per heavy atom. The smallest absolute Gasteiger partial charge is 0.338 e. The molecule has 6 nitrogen and oxygen atoms in total. The van der Waals surface area contributed by atoms with Crippen molar-refractivity contribution in [2.45, 2.75) is 52.4 Å². The van der Waals surface area contributed by atoms with Crippen molar-refractivity contribution in [1.82, 2.24) is 14.7 Å². The first kappa shape index (κ1) is 21.9. The number of amides is 2. The molecule has 0 bridgehead atoms. The number of likely N-dealkylation sites (tertiary alicyclic amines) is 1. The molecule has 2 aromatic rings. The van der Waals surface area contributed by atoms with Crippen LogP contribution < -0.4 is 5.32 Å². The highest BCUT2D eigenvalue weighted by molar-refractivity contribution is 5.96. The highest BCUT2D eigenvalue weighted by Crippen LogP contribution is 2.30. The number of anilines is 1. The summed E-state index contributed by atoms with van der Waals surface area (Å²) in [5, 5.41) is 7.26. The van der Waals surface area contributed by atoms with Gasteiger partial charge in [-0.1, -0.05) is 12.1 Å². The third-order valence-electron chi connectivity index (χ3n) is 4.93. The molecule has 3 rings (SSSR count). The number of nitrogens with one attached hydrogen (secondary N) is 1. The van der Waals surface area contributed by atoms with Crippen LogP contribution in [0.1, 0.15) is 44.0 Å². The molecule has 1 aliphatic heterocycles. The van der Waals surface area contributed by atoms with E-state index in [4.69, 9.17) is 0 Å². The molecule has 1 atom stereocenters. The second-order valence-corrected chi connectivity index (χ2v) is 8.62. The molecule has 0 saturated carbocycles. The third kappa shape index (κ3) is 4.83. The summed E-state index contributed by atoms with van der Waals surface area (Å²) in [5.74, 6) is -0.589. The lowest BCUT2D eigenvalue weighted by Gasteiger charge is -2.23. The quantitative estimate of drug-likeness (QED) is 0.811. The molecule has 30 heavy (non-hydrogen) atoms. The molecular weight excluding hydrogens is 397 g/mol. The number of aromatic nitrogens is 2. The van der Waals surface area contributed by atoms with Gasteiger partial charge in [-0.3, -0.25) is 9.59 Å². The van der Waals surface area contributed by atoms with Crippen molar-refractivity contribution in [2.75, 3.05) is 11.9 Å². The van der Waals surface area contributed by atoms with Crippen LogP contribution >= 0.6 is 0 Å². The highest BCUT2D eigenvalue weighted by Gasteiger charge is 2.36. The number of hydrogen-bond acceptors (Lipinski definition) is 3. The summed E-state index contributed by atoms with van der Waals surface area (Å²) in [6, 6.07) is 6.65.